The van der Waals surface area contributed by atoms with E-state index < -0.39 is 17.7 Å². The van der Waals surface area contributed by atoms with Gasteiger partial charge in [0, 0.05) is 12.3 Å². The SMILES string of the molecule is Cc1cnc(C(NN)c2cc(F)cc(F)c2)c(C)c1. The molecule has 0 saturated carbocycles. The van der Waals surface area contributed by atoms with E-state index in [0.717, 1.165) is 17.2 Å². The summed E-state index contributed by atoms with van der Waals surface area (Å²) in [4.78, 5) is 4.30. The molecule has 0 fully saturated rings. The Morgan fingerprint density at radius 1 is 1.11 bits per heavy atom. The van der Waals surface area contributed by atoms with Gasteiger partial charge in [-0.1, -0.05) is 6.07 Å². The first-order chi connectivity index (χ1) is 9.01. The number of halogens is 2. The molecule has 0 aliphatic carbocycles. The number of aromatic nitrogens is 1. The van der Waals surface area contributed by atoms with E-state index >= 15 is 0 Å². The van der Waals surface area contributed by atoms with Gasteiger partial charge in [0.05, 0.1) is 11.7 Å². The van der Waals surface area contributed by atoms with Crippen LogP contribution in [0.1, 0.15) is 28.4 Å². The van der Waals surface area contributed by atoms with Crippen molar-refractivity contribution >= 4 is 0 Å². The van der Waals surface area contributed by atoms with E-state index in [4.69, 9.17) is 5.84 Å². The smallest absolute Gasteiger partial charge is 0.126 e. The molecule has 0 amide bonds. The van der Waals surface area contributed by atoms with E-state index in [0.29, 0.717) is 11.3 Å². The van der Waals surface area contributed by atoms with E-state index in [1.807, 2.05) is 19.9 Å². The van der Waals surface area contributed by atoms with Gasteiger partial charge >= 0.3 is 0 Å². The van der Waals surface area contributed by atoms with Gasteiger partial charge in [-0.05, 0) is 42.7 Å². The normalized spacial score (nSPS) is 12.5. The van der Waals surface area contributed by atoms with Crippen LogP contribution >= 0.6 is 0 Å². The van der Waals surface area contributed by atoms with Crippen molar-refractivity contribution in [2.45, 2.75) is 19.9 Å². The fraction of sp³-hybridized carbons (Fsp3) is 0.214. The molecule has 0 spiro atoms. The summed E-state index contributed by atoms with van der Waals surface area (Å²) in [6.07, 6.45) is 1.70. The largest absolute Gasteiger partial charge is 0.271 e. The average Bonchev–Trinajstić information content (AvgIpc) is 2.31. The molecule has 0 saturated heterocycles. The summed E-state index contributed by atoms with van der Waals surface area (Å²) in [5, 5.41) is 0. The Morgan fingerprint density at radius 2 is 1.74 bits per heavy atom. The van der Waals surface area contributed by atoms with Crippen LogP contribution in [-0.4, -0.2) is 4.98 Å². The molecular weight excluding hydrogens is 248 g/mol. The molecule has 1 unspecified atom stereocenters. The molecule has 0 bridgehead atoms. The maximum absolute atomic E-state index is 13.3. The molecule has 0 radical (unpaired) electrons. The van der Waals surface area contributed by atoms with Gasteiger partial charge in [0.1, 0.15) is 11.6 Å². The Bertz CT molecular complexity index is 579. The Kier molecular flexibility index (Phi) is 3.87. The molecule has 1 heterocycles. The molecule has 0 aliphatic heterocycles. The highest BCUT2D eigenvalue weighted by Gasteiger charge is 2.18. The van der Waals surface area contributed by atoms with Gasteiger partial charge in [-0.3, -0.25) is 10.8 Å². The van der Waals surface area contributed by atoms with Crippen LogP contribution in [0.4, 0.5) is 8.78 Å². The lowest BCUT2D eigenvalue weighted by atomic mass is 9.99. The molecule has 2 rings (SSSR count). The van der Waals surface area contributed by atoms with E-state index in [1.54, 1.807) is 6.20 Å². The van der Waals surface area contributed by atoms with Crippen LogP contribution < -0.4 is 11.3 Å². The van der Waals surface area contributed by atoms with Crippen molar-refractivity contribution in [3.8, 4) is 0 Å². The van der Waals surface area contributed by atoms with E-state index in [1.165, 1.54) is 12.1 Å². The molecule has 1 atom stereocenters. The molecule has 3 N–H and O–H groups in total. The highest BCUT2D eigenvalue weighted by molar-refractivity contribution is 5.34. The third-order valence-corrected chi connectivity index (χ3v) is 2.91. The van der Waals surface area contributed by atoms with Crippen LogP contribution in [0.5, 0.6) is 0 Å². The number of nitrogens with one attached hydrogen (secondary N) is 1. The van der Waals surface area contributed by atoms with Gasteiger partial charge < -0.3 is 0 Å². The van der Waals surface area contributed by atoms with Gasteiger partial charge in [0.25, 0.3) is 0 Å². The number of aryl methyl sites for hydroxylation is 2. The molecule has 1 aromatic heterocycles. The zero-order valence-electron chi connectivity index (χ0n) is 10.7. The highest BCUT2D eigenvalue weighted by Crippen LogP contribution is 2.24. The molecule has 0 aliphatic rings. The first-order valence-electron chi connectivity index (χ1n) is 5.86. The Balaban J connectivity index is 2.49. The van der Waals surface area contributed by atoms with Crippen molar-refractivity contribution in [1.29, 1.82) is 0 Å². The van der Waals surface area contributed by atoms with Crippen LogP contribution in [0.25, 0.3) is 0 Å². The second kappa shape index (κ2) is 5.42. The summed E-state index contributed by atoms with van der Waals surface area (Å²) in [7, 11) is 0. The number of pyridine rings is 1. The van der Waals surface area contributed by atoms with Crippen molar-refractivity contribution in [3.05, 3.63) is 64.5 Å². The minimum atomic E-state index is -0.639. The number of hydrogen-bond acceptors (Lipinski definition) is 3. The van der Waals surface area contributed by atoms with Crippen molar-refractivity contribution in [2.75, 3.05) is 0 Å². The topological polar surface area (TPSA) is 50.9 Å². The minimum Gasteiger partial charge on any atom is -0.271 e. The van der Waals surface area contributed by atoms with E-state index in [9.17, 15) is 8.78 Å². The zero-order chi connectivity index (χ0) is 14.0. The lowest BCUT2D eigenvalue weighted by Gasteiger charge is -2.18. The number of nitrogens with zero attached hydrogens (tertiary/aromatic N) is 1. The average molecular weight is 263 g/mol. The predicted molar refractivity (Wildman–Crippen MR) is 69.2 cm³/mol. The predicted octanol–water partition coefficient (Wildman–Crippen LogP) is 2.53. The molecule has 3 nitrogen and oxygen atoms in total. The summed E-state index contributed by atoms with van der Waals surface area (Å²) in [5.41, 5.74) is 5.53. The third-order valence-electron chi connectivity index (χ3n) is 2.91. The lowest BCUT2D eigenvalue weighted by Crippen LogP contribution is -2.30. The fourth-order valence-corrected chi connectivity index (χ4v) is 2.10. The van der Waals surface area contributed by atoms with Crippen LogP contribution in [0.15, 0.2) is 30.5 Å². The van der Waals surface area contributed by atoms with Gasteiger partial charge in [-0.25, -0.2) is 14.2 Å². The molecule has 1 aromatic carbocycles. The molecule has 19 heavy (non-hydrogen) atoms. The van der Waals surface area contributed by atoms with Crippen molar-refractivity contribution in [3.63, 3.8) is 0 Å². The number of hydrogen-bond donors (Lipinski definition) is 2. The number of nitrogens with two attached hydrogens (primary N) is 1. The maximum Gasteiger partial charge on any atom is 0.126 e. The van der Waals surface area contributed by atoms with E-state index in [2.05, 4.69) is 10.4 Å². The van der Waals surface area contributed by atoms with Crippen LogP contribution in [0.2, 0.25) is 0 Å². The molecule has 100 valence electrons. The van der Waals surface area contributed by atoms with Crippen molar-refractivity contribution in [2.24, 2.45) is 5.84 Å². The van der Waals surface area contributed by atoms with Crippen molar-refractivity contribution in [1.82, 2.24) is 10.4 Å². The molecule has 2 aromatic rings. The highest BCUT2D eigenvalue weighted by atomic mass is 19.1. The maximum atomic E-state index is 13.3. The first kappa shape index (κ1) is 13.6. The monoisotopic (exact) mass is 263 g/mol. The number of rotatable bonds is 3. The van der Waals surface area contributed by atoms with Crippen LogP contribution in [0.3, 0.4) is 0 Å². The van der Waals surface area contributed by atoms with E-state index in [-0.39, 0.29) is 0 Å². The Hall–Kier alpha value is -1.85. The second-order valence-corrected chi connectivity index (χ2v) is 4.52. The lowest BCUT2D eigenvalue weighted by molar-refractivity contribution is 0.562. The molecule has 5 heteroatoms. The standard InChI is InChI=1S/C14H15F2N3/c1-8-3-9(2)13(18-7-8)14(19-17)10-4-11(15)6-12(16)5-10/h3-7,14,19H,17H2,1-2H3. The van der Waals surface area contributed by atoms with Gasteiger partial charge in [-0.2, -0.15) is 0 Å². The summed E-state index contributed by atoms with van der Waals surface area (Å²) in [6.45, 7) is 3.81. The zero-order valence-corrected chi connectivity index (χ0v) is 10.7. The third kappa shape index (κ3) is 2.94. The van der Waals surface area contributed by atoms with Gasteiger partial charge in [-0.15, -0.1) is 0 Å². The molecular formula is C14H15F2N3. The number of benzene rings is 1. The Morgan fingerprint density at radius 3 is 2.26 bits per heavy atom. The summed E-state index contributed by atoms with van der Waals surface area (Å²) < 4.78 is 26.6. The summed E-state index contributed by atoms with van der Waals surface area (Å²) in [6, 6.07) is 4.71. The summed E-state index contributed by atoms with van der Waals surface area (Å²) >= 11 is 0. The van der Waals surface area contributed by atoms with Crippen LogP contribution in [0, 0.1) is 25.5 Å². The van der Waals surface area contributed by atoms with Crippen molar-refractivity contribution < 1.29 is 8.78 Å². The minimum absolute atomic E-state index is 0.402. The summed E-state index contributed by atoms with van der Waals surface area (Å²) in [5.74, 6) is 4.23. The fourth-order valence-electron chi connectivity index (χ4n) is 2.10. The number of hydrazine groups is 1. The Labute approximate surface area is 110 Å². The van der Waals surface area contributed by atoms with Crippen LogP contribution in [-0.2, 0) is 0 Å². The van der Waals surface area contributed by atoms with Gasteiger partial charge in [0.2, 0.25) is 0 Å². The first-order valence-corrected chi connectivity index (χ1v) is 5.86. The van der Waals surface area contributed by atoms with Gasteiger partial charge in [0.15, 0.2) is 0 Å². The second-order valence-electron chi connectivity index (χ2n) is 4.52. The quantitative estimate of drug-likeness (QED) is 0.661.